The van der Waals surface area contributed by atoms with Crippen molar-refractivity contribution < 1.29 is 28.9 Å². The van der Waals surface area contributed by atoms with E-state index in [4.69, 9.17) is 11.3 Å². The zero-order valence-corrected chi connectivity index (χ0v) is 13.6. The molecule has 0 aliphatic rings. The first-order chi connectivity index (χ1) is 8.95. The molecule has 19 heavy (non-hydrogen) atoms. The molecule has 0 N–H and O–H groups in total. The molecular formula is C14H13O4W-. The summed E-state index contributed by atoms with van der Waals surface area (Å²) >= 11 is 1.24. The maximum absolute atomic E-state index is 11.7. The molecule has 0 radical (unpaired) electrons. The van der Waals surface area contributed by atoms with E-state index in [1.165, 1.54) is 26.3 Å². The Morgan fingerprint density at radius 3 is 2.53 bits per heavy atom. The van der Waals surface area contributed by atoms with Crippen LogP contribution in [-0.2, 0) is 24.1 Å². The van der Waals surface area contributed by atoms with Gasteiger partial charge in [-0.2, -0.15) is 0 Å². The van der Waals surface area contributed by atoms with E-state index in [1.54, 1.807) is 19.1 Å². The Balaban J connectivity index is 3.25. The fourth-order valence-corrected chi connectivity index (χ4v) is 2.07. The predicted octanol–water partition coefficient (Wildman–Crippen LogP) is 0.618. The molecule has 0 spiro atoms. The van der Waals surface area contributed by atoms with Gasteiger partial charge in [-0.3, -0.25) is 0 Å². The normalized spacial score (nSPS) is 12.5. The van der Waals surface area contributed by atoms with E-state index in [1.807, 2.05) is 4.40 Å². The average Bonchev–Trinajstić information content (AvgIpc) is 2.39. The van der Waals surface area contributed by atoms with Crippen molar-refractivity contribution in [3.63, 3.8) is 0 Å². The monoisotopic (exact) mass is 429 g/mol. The first kappa shape index (κ1) is 15.6. The van der Waals surface area contributed by atoms with Crippen LogP contribution in [0.3, 0.4) is 0 Å². The molecule has 1 atom stereocenters. The summed E-state index contributed by atoms with van der Waals surface area (Å²) in [4.78, 5) is 34.7. The van der Waals surface area contributed by atoms with E-state index >= 15 is 0 Å². The van der Waals surface area contributed by atoms with Gasteiger partial charge >= 0.3 is 122 Å². The molecule has 1 unspecified atom stereocenters. The van der Waals surface area contributed by atoms with Crippen LogP contribution in [-0.4, -0.2) is 16.8 Å². The van der Waals surface area contributed by atoms with Crippen molar-refractivity contribution in [1.82, 2.24) is 0 Å². The van der Waals surface area contributed by atoms with Gasteiger partial charge in [0.05, 0.1) is 0 Å². The molecule has 5 heteroatoms. The molecule has 0 heterocycles. The number of hydrogen-bond acceptors (Lipinski definition) is 4. The fraction of sp³-hybridized carbons (Fsp3) is 0.286. The van der Waals surface area contributed by atoms with Crippen molar-refractivity contribution in [3.05, 3.63) is 50.3 Å². The summed E-state index contributed by atoms with van der Waals surface area (Å²) in [6.45, 7) is 9.11. The Bertz CT molecular complexity index is 618. The van der Waals surface area contributed by atoms with E-state index in [0.29, 0.717) is 0 Å². The summed E-state index contributed by atoms with van der Waals surface area (Å²) in [5.74, 6) is -1.23. The van der Waals surface area contributed by atoms with Gasteiger partial charge in [-0.05, 0) is 0 Å². The maximum atomic E-state index is 11.7. The van der Waals surface area contributed by atoms with Crippen LogP contribution in [0.15, 0.2) is 27.3 Å². The number of carbonyl (C=O) groups excluding carboxylic acids is 1. The zero-order chi connectivity index (χ0) is 14.6. The van der Waals surface area contributed by atoms with E-state index in [-0.39, 0.29) is 29.3 Å². The second-order valence-electron chi connectivity index (χ2n) is 3.87. The Kier molecular flexibility index (Phi) is 5.49. The Morgan fingerprint density at radius 2 is 2.05 bits per heavy atom. The first-order valence-corrected chi connectivity index (χ1v) is 7.35. The molecule has 1 aromatic rings. The quantitative estimate of drug-likeness (QED) is 0.363. The number of hydrogen-bond donors (Lipinski definition) is 0. The van der Waals surface area contributed by atoms with Crippen molar-refractivity contribution in [2.24, 2.45) is 0 Å². The summed E-state index contributed by atoms with van der Waals surface area (Å²) in [6, 6.07) is 0. The minimum absolute atomic E-state index is 0.0323. The summed E-state index contributed by atoms with van der Waals surface area (Å²) < 4.78 is 6.95. The van der Waals surface area contributed by atoms with Gasteiger partial charge in [-0.1, -0.05) is 0 Å². The van der Waals surface area contributed by atoms with Gasteiger partial charge < -0.3 is 0 Å². The third-order valence-corrected chi connectivity index (χ3v) is 3.15. The summed E-state index contributed by atoms with van der Waals surface area (Å²) in [6.07, 6.45) is 3.26. The molecule has 0 amide bonds. The number of carbonyl (C=O) groups is 1. The van der Waals surface area contributed by atoms with Gasteiger partial charge in [-0.15, -0.1) is 0 Å². The minimum atomic E-state index is -0.905. The number of allylic oxidation sites excluding steroid dienone is 3. The van der Waals surface area contributed by atoms with Crippen LogP contribution in [0.2, 0.25) is 0 Å². The molecule has 0 aliphatic carbocycles. The second-order valence-corrected chi connectivity index (χ2v) is 4.85. The zero-order valence-electron chi connectivity index (χ0n) is 10.6. The molecular weight excluding hydrogens is 416 g/mol. The fourth-order valence-electron chi connectivity index (χ4n) is 1.79. The predicted molar refractivity (Wildman–Crippen MR) is 69.0 cm³/mol. The number of Topliss-reactive ketones (excluding diaryl/α,β-unsaturated/α-hetero) is 1. The van der Waals surface area contributed by atoms with Crippen LogP contribution in [0.5, 0.6) is 5.75 Å². The standard InChI is InChI=1S/C14H13O4.W/c1-5-7-8(3)10(9(4)15)11-12(16)13(17)14(11)18-6-2;/h1,3,5,7,10H,6H2,2,4H3;/q-1;/b7-5-;. The third kappa shape index (κ3) is 3.13. The topological polar surface area (TPSA) is 60.4 Å². The summed E-state index contributed by atoms with van der Waals surface area (Å²) in [5.41, 5.74) is -1.07. The van der Waals surface area contributed by atoms with Crippen LogP contribution in [0, 0.1) is 6.58 Å². The Labute approximate surface area is 121 Å². The first-order valence-electron chi connectivity index (χ1n) is 5.66. The average molecular weight is 429 g/mol. The van der Waals surface area contributed by atoms with Crippen molar-refractivity contribution in [1.29, 1.82) is 0 Å². The summed E-state index contributed by atoms with van der Waals surface area (Å²) in [5, 5.41) is 0. The Hall–Kier alpha value is -1.41. The van der Waals surface area contributed by atoms with Crippen molar-refractivity contribution >= 4 is 10.2 Å². The Morgan fingerprint density at radius 1 is 1.42 bits per heavy atom. The molecule has 1 rings (SSSR count). The van der Waals surface area contributed by atoms with Gasteiger partial charge in [0.25, 0.3) is 0 Å². The van der Waals surface area contributed by atoms with Crippen LogP contribution in [0.25, 0.3) is 0 Å². The molecule has 100 valence electrons. The van der Waals surface area contributed by atoms with Crippen LogP contribution in [0.1, 0.15) is 25.3 Å². The third-order valence-electron chi connectivity index (χ3n) is 2.59. The SMILES string of the molecule is [CH-]=C(/C=C\[CH]=[W])C(C(C)=O)c1c(OCC)c(=O)c1=O. The van der Waals surface area contributed by atoms with E-state index in [2.05, 4.69) is 0 Å². The van der Waals surface area contributed by atoms with E-state index in [0.717, 1.165) is 0 Å². The van der Waals surface area contributed by atoms with Gasteiger partial charge in [0.2, 0.25) is 0 Å². The number of rotatable bonds is 7. The van der Waals surface area contributed by atoms with E-state index < -0.39 is 16.8 Å². The molecule has 1 aromatic carbocycles. The van der Waals surface area contributed by atoms with Crippen LogP contribution < -0.4 is 15.6 Å². The van der Waals surface area contributed by atoms with Crippen LogP contribution in [0.4, 0.5) is 0 Å². The molecule has 0 saturated heterocycles. The van der Waals surface area contributed by atoms with Gasteiger partial charge in [0.1, 0.15) is 0 Å². The summed E-state index contributed by atoms with van der Waals surface area (Å²) in [7, 11) is 0. The van der Waals surface area contributed by atoms with Gasteiger partial charge in [-0.25, -0.2) is 0 Å². The molecule has 0 bridgehead atoms. The molecule has 0 aliphatic heterocycles. The molecule has 0 fully saturated rings. The van der Waals surface area contributed by atoms with Gasteiger partial charge in [0, 0.05) is 0 Å². The number of ether oxygens (including phenoxy) is 1. The van der Waals surface area contributed by atoms with Crippen molar-refractivity contribution in [3.8, 4) is 5.75 Å². The van der Waals surface area contributed by atoms with Crippen molar-refractivity contribution in [2.75, 3.05) is 6.61 Å². The van der Waals surface area contributed by atoms with Crippen LogP contribution >= 0.6 is 0 Å². The van der Waals surface area contributed by atoms with Gasteiger partial charge in [0.15, 0.2) is 0 Å². The molecule has 4 nitrogen and oxygen atoms in total. The molecule has 0 saturated carbocycles. The second kappa shape index (κ2) is 6.67. The molecule has 0 aromatic heterocycles. The van der Waals surface area contributed by atoms with Crippen molar-refractivity contribution in [2.45, 2.75) is 19.8 Å². The van der Waals surface area contributed by atoms with E-state index in [9.17, 15) is 14.4 Å². The number of ketones is 1.